The summed E-state index contributed by atoms with van der Waals surface area (Å²) in [6.45, 7) is 0. The van der Waals surface area contributed by atoms with Crippen LogP contribution in [0.5, 0.6) is 11.5 Å². The number of anilines is 1. The Morgan fingerprint density at radius 1 is 0.971 bits per heavy atom. The fourth-order valence-corrected chi connectivity index (χ4v) is 4.10. The number of carbonyl (C=O) groups is 2. The van der Waals surface area contributed by atoms with Crippen LogP contribution in [0.3, 0.4) is 0 Å². The number of pyridine rings is 1. The first-order valence-corrected chi connectivity index (χ1v) is 10.1. The van der Waals surface area contributed by atoms with Gasteiger partial charge in [0.05, 0.1) is 27.4 Å². The molecule has 0 fully saturated rings. The number of nitrogens with zero attached hydrogens (tertiary/aromatic N) is 1. The summed E-state index contributed by atoms with van der Waals surface area (Å²) in [4.78, 5) is 36.8. The second-order valence-electron chi connectivity index (χ2n) is 6.88. The van der Waals surface area contributed by atoms with E-state index in [1.807, 2.05) is 5.32 Å². The number of nitrogens with two attached hydrogens (primary N) is 1. The standard InChI is InChI=1S/C20H8BrClF5N3O4/c21-7-3-9(22)15(34-16-10(23)1-6(2-11(16)24)20(25,26)27)12(4-7)30-13(31)5-8-14(17(30)28)19(33)29-18(8)32/h1-5H,28H2,(H,29,32,33). The Hall–Kier alpha value is -3.45. The molecule has 1 aliphatic heterocycles. The van der Waals surface area contributed by atoms with Crippen molar-refractivity contribution in [2.24, 2.45) is 0 Å². The number of benzene rings is 2. The minimum absolute atomic E-state index is 0.0245. The first-order chi connectivity index (χ1) is 15.8. The quantitative estimate of drug-likeness (QED) is 0.351. The van der Waals surface area contributed by atoms with E-state index in [2.05, 4.69) is 15.9 Å². The highest BCUT2D eigenvalue weighted by atomic mass is 79.9. The van der Waals surface area contributed by atoms with Gasteiger partial charge in [-0.05, 0) is 24.3 Å². The number of imide groups is 1. The van der Waals surface area contributed by atoms with Crippen LogP contribution >= 0.6 is 27.5 Å². The van der Waals surface area contributed by atoms with Gasteiger partial charge in [-0.2, -0.15) is 13.2 Å². The van der Waals surface area contributed by atoms with Crippen molar-refractivity contribution >= 4 is 45.2 Å². The number of fused-ring (bicyclic) bond motifs is 1. The molecule has 7 nitrogen and oxygen atoms in total. The van der Waals surface area contributed by atoms with Gasteiger partial charge in [0.15, 0.2) is 23.1 Å². The summed E-state index contributed by atoms with van der Waals surface area (Å²) in [7, 11) is 0. The molecule has 3 aromatic rings. The van der Waals surface area contributed by atoms with Crippen molar-refractivity contribution in [3.05, 3.63) is 78.5 Å². The number of carbonyl (C=O) groups excluding carboxylic acids is 2. The van der Waals surface area contributed by atoms with Crippen LogP contribution in [0.25, 0.3) is 5.69 Å². The lowest BCUT2D eigenvalue weighted by atomic mass is 10.1. The number of nitrogen functional groups attached to an aromatic ring is 1. The van der Waals surface area contributed by atoms with Crippen LogP contribution in [0.15, 0.2) is 39.6 Å². The molecule has 2 amide bonds. The van der Waals surface area contributed by atoms with Gasteiger partial charge < -0.3 is 10.5 Å². The van der Waals surface area contributed by atoms with E-state index in [0.717, 1.165) is 6.07 Å². The van der Waals surface area contributed by atoms with Gasteiger partial charge in [0.2, 0.25) is 0 Å². The lowest BCUT2D eigenvalue weighted by Gasteiger charge is -2.18. The highest BCUT2D eigenvalue weighted by molar-refractivity contribution is 9.10. The topological polar surface area (TPSA) is 103 Å². The van der Waals surface area contributed by atoms with Gasteiger partial charge in [-0.15, -0.1) is 0 Å². The molecule has 0 aliphatic carbocycles. The minimum Gasteiger partial charge on any atom is -0.447 e. The van der Waals surface area contributed by atoms with E-state index < -0.39 is 58.1 Å². The molecule has 1 aromatic heterocycles. The van der Waals surface area contributed by atoms with E-state index in [-0.39, 0.29) is 38.4 Å². The normalized spacial score (nSPS) is 13.1. The zero-order valence-electron chi connectivity index (χ0n) is 16.2. The molecule has 0 saturated heterocycles. The van der Waals surface area contributed by atoms with Crippen LogP contribution in [-0.2, 0) is 6.18 Å². The maximum absolute atomic E-state index is 14.4. The number of halogens is 7. The molecule has 0 spiro atoms. The van der Waals surface area contributed by atoms with Gasteiger partial charge in [-0.25, -0.2) is 8.78 Å². The van der Waals surface area contributed by atoms with Gasteiger partial charge in [0, 0.05) is 10.5 Å². The summed E-state index contributed by atoms with van der Waals surface area (Å²) in [5, 5.41) is 1.65. The third kappa shape index (κ3) is 3.90. The Labute approximate surface area is 199 Å². The fraction of sp³-hybridized carbons (Fsp3) is 0.0500. The van der Waals surface area contributed by atoms with Crippen LogP contribution < -0.4 is 21.3 Å². The van der Waals surface area contributed by atoms with Gasteiger partial charge in [0.1, 0.15) is 5.82 Å². The molecule has 176 valence electrons. The van der Waals surface area contributed by atoms with Crippen LogP contribution in [0.4, 0.5) is 27.8 Å². The zero-order valence-corrected chi connectivity index (χ0v) is 18.5. The van der Waals surface area contributed by atoms with Gasteiger partial charge in [0.25, 0.3) is 17.4 Å². The smallest absolute Gasteiger partial charge is 0.416 e. The van der Waals surface area contributed by atoms with Gasteiger partial charge >= 0.3 is 6.18 Å². The average Bonchev–Trinajstić information content (AvgIpc) is 2.98. The molecule has 0 saturated carbocycles. The minimum atomic E-state index is -5.02. The van der Waals surface area contributed by atoms with Crippen molar-refractivity contribution in [1.82, 2.24) is 9.88 Å². The number of rotatable bonds is 3. The predicted octanol–water partition coefficient (Wildman–Crippen LogP) is 4.81. The van der Waals surface area contributed by atoms with Gasteiger partial charge in [-0.3, -0.25) is 24.3 Å². The molecular formula is C20H8BrClF5N3O4. The molecule has 0 bridgehead atoms. The summed E-state index contributed by atoms with van der Waals surface area (Å²) in [6, 6.07) is 3.27. The van der Waals surface area contributed by atoms with Crippen LogP contribution in [0.1, 0.15) is 26.3 Å². The van der Waals surface area contributed by atoms with Gasteiger partial charge in [-0.1, -0.05) is 27.5 Å². The Kier molecular flexibility index (Phi) is 5.64. The van der Waals surface area contributed by atoms with Crippen molar-refractivity contribution in [1.29, 1.82) is 0 Å². The summed E-state index contributed by atoms with van der Waals surface area (Å²) in [6.07, 6.45) is -5.02. The number of alkyl halides is 3. The SMILES string of the molecule is Nc1c2c(cc(=O)n1-c1cc(Br)cc(Cl)c1Oc1c(F)cc(C(F)(F)F)cc1F)C(=O)NC2=O. The summed E-state index contributed by atoms with van der Waals surface area (Å²) in [5.41, 5.74) is 2.50. The first kappa shape index (κ1) is 23.7. The highest BCUT2D eigenvalue weighted by Gasteiger charge is 2.35. The molecular weight excluding hydrogens is 557 g/mol. The maximum Gasteiger partial charge on any atom is 0.416 e. The third-order valence-corrected chi connectivity index (χ3v) is 5.45. The van der Waals surface area contributed by atoms with Crippen LogP contribution in [0, 0.1) is 11.6 Å². The lowest BCUT2D eigenvalue weighted by Crippen LogP contribution is -2.24. The number of amides is 2. The summed E-state index contributed by atoms with van der Waals surface area (Å²) >= 11 is 9.27. The van der Waals surface area contributed by atoms with E-state index in [1.54, 1.807) is 0 Å². The molecule has 2 aromatic carbocycles. The first-order valence-electron chi connectivity index (χ1n) is 8.94. The summed E-state index contributed by atoms with van der Waals surface area (Å²) < 4.78 is 73.5. The van der Waals surface area contributed by atoms with Crippen molar-refractivity contribution in [2.75, 3.05) is 5.73 Å². The van der Waals surface area contributed by atoms with Crippen LogP contribution in [-0.4, -0.2) is 16.4 Å². The van der Waals surface area contributed by atoms with Crippen molar-refractivity contribution in [3.8, 4) is 17.2 Å². The third-order valence-electron chi connectivity index (χ3n) is 4.71. The monoisotopic (exact) mass is 563 g/mol. The second kappa shape index (κ2) is 8.09. The van der Waals surface area contributed by atoms with E-state index in [0.29, 0.717) is 4.57 Å². The van der Waals surface area contributed by atoms with Crippen molar-refractivity contribution in [2.45, 2.75) is 6.18 Å². The average molecular weight is 565 g/mol. The Morgan fingerprint density at radius 3 is 2.18 bits per heavy atom. The van der Waals surface area contributed by atoms with Crippen LogP contribution in [0.2, 0.25) is 5.02 Å². The molecule has 0 radical (unpaired) electrons. The second-order valence-corrected chi connectivity index (χ2v) is 8.20. The molecule has 3 N–H and O–H groups in total. The number of nitrogens with one attached hydrogen (secondary N) is 1. The Balaban J connectivity index is 1.94. The number of hydrogen-bond donors (Lipinski definition) is 2. The van der Waals surface area contributed by atoms with Crippen molar-refractivity contribution in [3.63, 3.8) is 0 Å². The fourth-order valence-electron chi connectivity index (χ4n) is 3.26. The molecule has 0 unspecified atom stereocenters. The highest BCUT2D eigenvalue weighted by Crippen LogP contribution is 2.42. The van der Waals surface area contributed by atoms with E-state index in [1.165, 1.54) is 12.1 Å². The predicted molar refractivity (Wildman–Crippen MR) is 112 cm³/mol. The zero-order chi connectivity index (χ0) is 25.1. The Bertz CT molecular complexity index is 1450. The molecule has 0 atom stereocenters. The number of hydrogen-bond acceptors (Lipinski definition) is 5. The molecule has 4 rings (SSSR count). The van der Waals surface area contributed by atoms with Crippen molar-refractivity contribution < 1.29 is 36.3 Å². The van der Waals surface area contributed by atoms with E-state index in [4.69, 9.17) is 22.1 Å². The van der Waals surface area contributed by atoms with E-state index >= 15 is 0 Å². The molecule has 34 heavy (non-hydrogen) atoms. The summed E-state index contributed by atoms with van der Waals surface area (Å²) in [5.74, 6) is -7.46. The largest absolute Gasteiger partial charge is 0.447 e. The maximum atomic E-state index is 14.4. The lowest BCUT2D eigenvalue weighted by molar-refractivity contribution is -0.138. The molecule has 2 heterocycles. The Morgan fingerprint density at radius 2 is 1.59 bits per heavy atom. The van der Waals surface area contributed by atoms with E-state index in [9.17, 15) is 36.3 Å². The molecule has 1 aliphatic rings. The number of aromatic nitrogens is 1. The number of ether oxygens (including phenoxy) is 1. The molecule has 14 heteroatoms.